The summed E-state index contributed by atoms with van der Waals surface area (Å²) in [6.45, 7) is 2.33. The van der Waals surface area contributed by atoms with Gasteiger partial charge in [0.25, 0.3) is 0 Å². The van der Waals surface area contributed by atoms with Crippen molar-refractivity contribution < 1.29 is 4.79 Å². The number of hydrogen-bond acceptors (Lipinski definition) is 3. The van der Waals surface area contributed by atoms with E-state index in [0.29, 0.717) is 12.2 Å². The van der Waals surface area contributed by atoms with Crippen LogP contribution in [0.25, 0.3) is 5.65 Å². The number of carbonyl (C=O) groups excluding carboxylic acids is 1. The maximum atomic E-state index is 11.7. The van der Waals surface area contributed by atoms with Gasteiger partial charge in [-0.25, -0.2) is 4.98 Å². The molecule has 0 radical (unpaired) electrons. The Kier molecular flexibility index (Phi) is 2.51. The standard InChI is InChI=1S/C11H13N3O/c1-8-3-4-11-13-5-9(14(11)7-8)10(15)6-12-2/h3-5,7,12H,6H2,1-2H3. The summed E-state index contributed by atoms with van der Waals surface area (Å²) < 4.78 is 1.83. The van der Waals surface area contributed by atoms with Crippen molar-refractivity contribution in [1.29, 1.82) is 0 Å². The van der Waals surface area contributed by atoms with Gasteiger partial charge in [-0.15, -0.1) is 0 Å². The van der Waals surface area contributed by atoms with Crippen molar-refractivity contribution in [1.82, 2.24) is 14.7 Å². The molecule has 2 rings (SSSR count). The zero-order valence-electron chi connectivity index (χ0n) is 8.82. The van der Waals surface area contributed by atoms with Gasteiger partial charge in [-0.3, -0.25) is 9.20 Å². The van der Waals surface area contributed by atoms with Crippen LogP contribution in [-0.4, -0.2) is 28.8 Å². The lowest BCUT2D eigenvalue weighted by Gasteiger charge is -2.01. The van der Waals surface area contributed by atoms with Gasteiger partial charge in [-0.1, -0.05) is 6.07 Å². The predicted molar refractivity (Wildman–Crippen MR) is 58.2 cm³/mol. The van der Waals surface area contributed by atoms with Crippen LogP contribution >= 0.6 is 0 Å². The first-order chi connectivity index (χ1) is 7.22. The van der Waals surface area contributed by atoms with Crippen LogP contribution in [0.3, 0.4) is 0 Å². The molecule has 0 saturated carbocycles. The number of likely N-dealkylation sites (N-methyl/N-ethyl adjacent to an activating group) is 1. The number of nitrogens with one attached hydrogen (secondary N) is 1. The lowest BCUT2D eigenvalue weighted by molar-refractivity contribution is 0.0988. The molecule has 0 aliphatic carbocycles. The van der Waals surface area contributed by atoms with Gasteiger partial charge in [0.15, 0.2) is 5.78 Å². The Morgan fingerprint density at radius 2 is 2.33 bits per heavy atom. The minimum Gasteiger partial charge on any atom is -0.313 e. The van der Waals surface area contributed by atoms with E-state index < -0.39 is 0 Å². The van der Waals surface area contributed by atoms with Gasteiger partial charge in [-0.2, -0.15) is 0 Å². The van der Waals surface area contributed by atoms with Crippen molar-refractivity contribution >= 4 is 11.4 Å². The molecule has 0 aromatic carbocycles. The molecular formula is C11H13N3O. The maximum Gasteiger partial charge on any atom is 0.194 e. The zero-order chi connectivity index (χ0) is 10.8. The third kappa shape index (κ3) is 1.76. The second-order valence-electron chi connectivity index (χ2n) is 3.53. The highest BCUT2D eigenvalue weighted by molar-refractivity contribution is 5.96. The number of pyridine rings is 1. The molecule has 2 heterocycles. The highest BCUT2D eigenvalue weighted by Gasteiger charge is 2.10. The minimum atomic E-state index is 0.0515. The van der Waals surface area contributed by atoms with Crippen LogP contribution in [0.2, 0.25) is 0 Å². The van der Waals surface area contributed by atoms with Gasteiger partial charge in [0.1, 0.15) is 11.3 Å². The van der Waals surface area contributed by atoms with Crippen LogP contribution in [0.5, 0.6) is 0 Å². The summed E-state index contributed by atoms with van der Waals surface area (Å²) in [6.07, 6.45) is 3.54. The Morgan fingerprint density at radius 3 is 3.07 bits per heavy atom. The molecule has 15 heavy (non-hydrogen) atoms. The first-order valence-corrected chi connectivity index (χ1v) is 4.84. The lowest BCUT2D eigenvalue weighted by Crippen LogP contribution is -2.19. The first-order valence-electron chi connectivity index (χ1n) is 4.84. The fraction of sp³-hybridized carbons (Fsp3) is 0.273. The van der Waals surface area contributed by atoms with Crippen LogP contribution < -0.4 is 5.32 Å². The van der Waals surface area contributed by atoms with E-state index in [9.17, 15) is 4.79 Å². The van der Waals surface area contributed by atoms with Gasteiger partial charge >= 0.3 is 0 Å². The molecule has 2 aromatic heterocycles. The molecule has 0 fully saturated rings. The molecule has 4 heteroatoms. The number of rotatable bonds is 3. The van der Waals surface area contributed by atoms with E-state index >= 15 is 0 Å². The number of aryl methyl sites for hydroxylation is 1. The third-order valence-electron chi connectivity index (χ3n) is 2.28. The van der Waals surface area contributed by atoms with Crippen LogP contribution in [0, 0.1) is 6.92 Å². The van der Waals surface area contributed by atoms with Crippen molar-refractivity contribution in [2.24, 2.45) is 0 Å². The number of Topliss-reactive ketones (excluding diaryl/α,β-unsaturated/α-hetero) is 1. The van der Waals surface area contributed by atoms with Crippen molar-refractivity contribution in [3.8, 4) is 0 Å². The third-order valence-corrected chi connectivity index (χ3v) is 2.28. The van der Waals surface area contributed by atoms with E-state index in [1.807, 2.05) is 29.7 Å². The SMILES string of the molecule is CNCC(=O)c1cnc2ccc(C)cn12. The molecule has 0 saturated heterocycles. The molecule has 0 unspecified atom stereocenters. The number of hydrogen-bond donors (Lipinski definition) is 1. The summed E-state index contributed by atoms with van der Waals surface area (Å²) in [6, 6.07) is 3.89. The lowest BCUT2D eigenvalue weighted by atomic mass is 10.3. The number of ketones is 1. The largest absolute Gasteiger partial charge is 0.313 e. The second-order valence-corrected chi connectivity index (χ2v) is 3.53. The van der Waals surface area contributed by atoms with Crippen LogP contribution in [-0.2, 0) is 0 Å². The van der Waals surface area contributed by atoms with Gasteiger partial charge in [0.2, 0.25) is 0 Å². The molecule has 0 atom stereocenters. The summed E-state index contributed by atoms with van der Waals surface area (Å²) >= 11 is 0. The van der Waals surface area contributed by atoms with Crippen molar-refractivity contribution in [3.05, 3.63) is 35.8 Å². The summed E-state index contributed by atoms with van der Waals surface area (Å²) in [5, 5.41) is 2.84. The molecule has 1 N–H and O–H groups in total. The molecule has 0 bridgehead atoms. The van der Waals surface area contributed by atoms with Crippen molar-refractivity contribution in [3.63, 3.8) is 0 Å². The van der Waals surface area contributed by atoms with Gasteiger partial charge in [0.05, 0.1) is 12.7 Å². The number of carbonyl (C=O) groups is 1. The Hall–Kier alpha value is -1.68. The molecule has 0 aliphatic heterocycles. The summed E-state index contributed by atoms with van der Waals surface area (Å²) in [5.74, 6) is 0.0515. The normalized spacial score (nSPS) is 10.8. The molecule has 2 aromatic rings. The molecule has 4 nitrogen and oxygen atoms in total. The first kappa shape index (κ1) is 9.86. The summed E-state index contributed by atoms with van der Waals surface area (Å²) in [5.41, 5.74) is 2.54. The Morgan fingerprint density at radius 1 is 1.53 bits per heavy atom. The molecule has 0 spiro atoms. The van der Waals surface area contributed by atoms with Crippen molar-refractivity contribution in [2.45, 2.75) is 6.92 Å². The molecule has 0 aliphatic rings. The zero-order valence-corrected chi connectivity index (χ0v) is 8.82. The summed E-state index contributed by atoms with van der Waals surface area (Å²) in [7, 11) is 1.76. The summed E-state index contributed by atoms with van der Waals surface area (Å²) in [4.78, 5) is 15.9. The number of imidazole rings is 1. The van der Waals surface area contributed by atoms with Crippen molar-refractivity contribution in [2.75, 3.05) is 13.6 Å². The van der Waals surface area contributed by atoms with E-state index in [1.165, 1.54) is 0 Å². The van der Waals surface area contributed by atoms with E-state index in [1.54, 1.807) is 13.2 Å². The van der Waals surface area contributed by atoms with Gasteiger partial charge < -0.3 is 5.32 Å². The monoisotopic (exact) mass is 203 g/mol. The Balaban J connectivity index is 2.52. The van der Waals surface area contributed by atoms with Gasteiger partial charge in [-0.05, 0) is 25.6 Å². The number of fused-ring (bicyclic) bond motifs is 1. The predicted octanol–water partition coefficient (Wildman–Crippen LogP) is 1.04. The van der Waals surface area contributed by atoms with Crippen LogP contribution in [0.1, 0.15) is 16.1 Å². The minimum absolute atomic E-state index is 0.0515. The molecule has 0 amide bonds. The molecular weight excluding hydrogens is 190 g/mol. The van der Waals surface area contributed by atoms with E-state index in [-0.39, 0.29) is 5.78 Å². The maximum absolute atomic E-state index is 11.7. The van der Waals surface area contributed by atoms with E-state index in [2.05, 4.69) is 10.3 Å². The Bertz CT molecular complexity index is 502. The van der Waals surface area contributed by atoms with Crippen LogP contribution in [0.15, 0.2) is 24.5 Å². The fourth-order valence-electron chi connectivity index (χ4n) is 1.54. The van der Waals surface area contributed by atoms with Gasteiger partial charge in [0, 0.05) is 6.20 Å². The highest BCUT2D eigenvalue weighted by atomic mass is 16.1. The average molecular weight is 203 g/mol. The number of nitrogens with zero attached hydrogens (tertiary/aromatic N) is 2. The highest BCUT2D eigenvalue weighted by Crippen LogP contribution is 2.08. The molecule has 78 valence electrons. The number of aromatic nitrogens is 2. The smallest absolute Gasteiger partial charge is 0.194 e. The van der Waals surface area contributed by atoms with E-state index in [4.69, 9.17) is 0 Å². The average Bonchev–Trinajstić information content (AvgIpc) is 2.60. The quantitative estimate of drug-likeness (QED) is 0.758. The topological polar surface area (TPSA) is 46.4 Å². The van der Waals surface area contributed by atoms with E-state index in [0.717, 1.165) is 11.2 Å². The fourth-order valence-corrected chi connectivity index (χ4v) is 1.54. The van der Waals surface area contributed by atoms with Crippen LogP contribution in [0.4, 0.5) is 0 Å². The second kappa shape index (κ2) is 3.82. The Labute approximate surface area is 87.9 Å².